The van der Waals surface area contributed by atoms with Crippen molar-refractivity contribution in [3.8, 4) is 0 Å². The number of benzene rings is 2. The predicted molar refractivity (Wildman–Crippen MR) is 144 cm³/mol. The molecule has 2 N–H and O–H groups in total. The van der Waals surface area contributed by atoms with Crippen LogP contribution < -0.4 is 10.9 Å². The molecule has 9 nitrogen and oxygen atoms in total. The molecule has 0 spiro atoms. The highest BCUT2D eigenvalue weighted by molar-refractivity contribution is 5.97. The number of fused-ring (bicyclic) bond motifs is 2. The molecule has 1 aliphatic heterocycles. The second-order valence-corrected chi connectivity index (χ2v) is 10.1. The molecule has 1 aliphatic rings. The third-order valence-corrected chi connectivity index (χ3v) is 7.70. The summed E-state index contributed by atoms with van der Waals surface area (Å²) < 4.78 is 11.4. The number of aryl methyl sites for hydroxylation is 3. The third-order valence-electron chi connectivity index (χ3n) is 7.70. The number of hydrogen-bond donors (Lipinski definition) is 2. The molecule has 0 unspecified atom stereocenters. The number of piperidine rings is 1. The van der Waals surface area contributed by atoms with Gasteiger partial charge in [-0.3, -0.25) is 9.59 Å². The Labute approximate surface area is 224 Å². The van der Waals surface area contributed by atoms with Crippen molar-refractivity contribution in [2.24, 2.45) is 0 Å². The summed E-state index contributed by atoms with van der Waals surface area (Å²) in [6.07, 6.45) is 1.61. The average molecular weight is 531 g/mol. The van der Waals surface area contributed by atoms with E-state index in [9.17, 15) is 24.3 Å². The van der Waals surface area contributed by atoms with Crippen LogP contribution in [0.4, 0.5) is 0 Å². The molecular weight excluding hydrogens is 500 g/mol. The van der Waals surface area contributed by atoms with Gasteiger partial charge in [-0.25, -0.2) is 9.59 Å². The van der Waals surface area contributed by atoms with Gasteiger partial charge in [-0.05, 0) is 62.8 Å². The van der Waals surface area contributed by atoms with Crippen molar-refractivity contribution in [3.63, 3.8) is 0 Å². The van der Waals surface area contributed by atoms with E-state index in [4.69, 9.17) is 8.83 Å². The van der Waals surface area contributed by atoms with Crippen LogP contribution in [-0.4, -0.2) is 40.4 Å². The largest absolute Gasteiger partial charge is 0.479 e. The first-order chi connectivity index (χ1) is 18.7. The van der Waals surface area contributed by atoms with E-state index in [0.717, 1.165) is 23.1 Å². The molecule has 0 aliphatic carbocycles. The van der Waals surface area contributed by atoms with E-state index in [1.54, 1.807) is 43.3 Å². The monoisotopic (exact) mass is 530 g/mol. The number of amides is 2. The van der Waals surface area contributed by atoms with Gasteiger partial charge in [0.2, 0.25) is 11.8 Å². The molecular formula is C30H30N2O7. The highest BCUT2D eigenvalue weighted by atomic mass is 16.4. The second kappa shape index (κ2) is 10.4. The Bertz CT molecular complexity index is 1650. The summed E-state index contributed by atoms with van der Waals surface area (Å²) in [6.45, 7) is 5.96. The van der Waals surface area contributed by atoms with Gasteiger partial charge >= 0.3 is 11.6 Å². The maximum absolute atomic E-state index is 13.5. The number of carbonyl (C=O) groups is 3. The van der Waals surface area contributed by atoms with Crippen molar-refractivity contribution in [2.75, 3.05) is 6.54 Å². The summed E-state index contributed by atoms with van der Waals surface area (Å²) in [5.74, 6) is -1.32. The molecule has 2 aromatic carbocycles. The van der Waals surface area contributed by atoms with Crippen molar-refractivity contribution >= 4 is 39.7 Å². The normalized spacial score (nSPS) is 16.4. The van der Waals surface area contributed by atoms with E-state index in [1.165, 1.54) is 4.90 Å². The number of hydrogen-bond acceptors (Lipinski definition) is 6. The number of aliphatic carboxylic acids is 1. The van der Waals surface area contributed by atoms with Gasteiger partial charge in [0.25, 0.3) is 0 Å². The van der Waals surface area contributed by atoms with Gasteiger partial charge in [0, 0.05) is 23.4 Å². The minimum atomic E-state index is -1.24. The van der Waals surface area contributed by atoms with Crippen molar-refractivity contribution in [1.29, 1.82) is 0 Å². The van der Waals surface area contributed by atoms with Crippen LogP contribution in [0.1, 0.15) is 53.3 Å². The Morgan fingerprint density at radius 2 is 1.69 bits per heavy atom. The van der Waals surface area contributed by atoms with Crippen molar-refractivity contribution in [1.82, 2.24) is 10.2 Å². The van der Waals surface area contributed by atoms with Crippen molar-refractivity contribution in [2.45, 2.75) is 58.5 Å². The first kappa shape index (κ1) is 26.2. The van der Waals surface area contributed by atoms with Gasteiger partial charge in [0.15, 0.2) is 6.04 Å². The van der Waals surface area contributed by atoms with E-state index < -0.39 is 29.6 Å². The molecule has 5 rings (SSSR count). The van der Waals surface area contributed by atoms with Crippen LogP contribution in [0.25, 0.3) is 21.9 Å². The third kappa shape index (κ3) is 4.92. The quantitative estimate of drug-likeness (QED) is 0.355. The summed E-state index contributed by atoms with van der Waals surface area (Å²) in [5.41, 5.74) is 2.71. The second-order valence-electron chi connectivity index (χ2n) is 10.1. The Morgan fingerprint density at radius 1 is 1.00 bits per heavy atom. The summed E-state index contributed by atoms with van der Waals surface area (Å²) in [6, 6.07) is 9.96. The van der Waals surface area contributed by atoms with Gasteiger partial charge in [-0.2, -0.15) is 0 Å². The number of likely N-dealkylation sites (tertiary alicyclic amines) is 1. The van der Waals surface area contributed by atoms with Gasteiger partial charge in [0.05, 0.1) is 12.0 Å². The molecule has 2 amide bonds. The van der Waals surface area contributed by atoms with Crippen molar-refractivity contribution in [3.05, 3.63) is 80.9 Å². The molecule has 2 atom stereocenters. The average Bonchev–Trinajstić information content (AvgIpc) is 3.20. The van der Waals surface area contributed by atoms with E-state index in [2.05, 4.69) is 5.32 Å². The number of carboxylic acid groups (broad SMARTS) is 1. The molecule has 0 radical (unpaired) electrons. The number of carboxylic acids is 1. The van der Waals surface area contributed by atoms with Gasteiger partial charge in [0.1, 0.15) is 23.0 Å². The van der Waals surface area contributed by atoms with Crippen LogP contribution in [0, 0.1) is 20.8 Å². The van der Waals surface area contributed by atoms with Crippen LogP contribution in [-0.2, 0) is 20.8 Å². The fourth-order valence-corrected chi connectivity index (χ4v) is 5.36. The van der Waals surface area contributed by atoms with E-state index in [0.29, 0.717) is 47.1 Å². The van der Waals surface area contributed by atoms with Crippen LogP contribution in [0.5, 0.6) is 0 Å². The van der Waals surface area contributed by atoms with Gasteiger partial charge in [-0.1, -0.05) is 30.3 Å². The molecule has 39 heavy (non-hydrogen) atoms. The number of nitrogens with one attached hydrogen (secondary N) is 1. The first-order valence-corrected chi connectivity index (χ1v) is 13.0. The smallest absolute Gasteiger partial charge is 0.340 e. The molecule has 0 bridgehead atoms. The standard InChI is InChI=1S/C30H30N2O7/c1-16-18(3)38-24-15-25-21(13-20(16)24)17(2)22(30(37)39-25)14-26(33)32-12-8-7-11-23(32)28(34)31-27(29(35)36)19-9-5-4-6-10-19/h4-6,9-10,13,15,23,27H,7-8,11-12,14H2,1-3H3,(H,31,34)(H,35,36)/t23-,27+/m0/s1. The molecule has 202 valence electrons. The maximum Gasteiger partial charge on any atom is 0.340 e. The topological polar surface area (TPSA) is 130 Å². The summed E-state index contributed by atoms with van der Waals surface area (Å²) in [4.78, 5) is 53.1. The van der Waals surface area contributed by atoms with Gasteiger partial charge in [-0.15, -0.1) is 0 Å². The van der Waals surface area contributed by atoms with Crippen LogP contribution >= 0.6 is 0 Å². The maximum atomic E-state index is 13.5. The van der Waals surface area contributed by atoms with Crippen LogP contribution in [0.15, 0.2) is 56.1 Å². The summed E-state index contributed by atoms with van der Waals surface area (Å²) in [7, 11) is 0. The molecule has 3 heterocycles. The van der Waals surface area contributed by atoms with Crippen LogP contribution in [0.3, 0.4) is 0 Å². The van der Waals surface area contributed by atoms with Crippen molar-refractivity contribution < 1.29 is 28.3 Å². The summed E-state index contributed by atoms with van der Waals surface area (Å²) >= 11 is 0. The lowest BCUT2D eigenvalue weighted by Gasteiger charge is -2.35. The molecule has 1 fully saturated rings. The lowest BCUT2D eigenvalue weighted by molar-refractivity contribution is -0.145. The number of nitrogens with zero attached hydrogens (tertiary/aromatic N) is 1. The van der Waals surface area contributed by atoms with E-state index in [1.807, 2.05) is 19.9 Å². The number of rotatable bonds is 6. The minimum absolute atomic E-state index is 0.226. The Balaban J connectivity index is 1.42. The molecule has 2 aromatic heterocycles. The number of furan rings is 1. The Morgan fingerprint density at radius 3 is 2.41 bits per heavy atom. The Hall–Kier alpha value is -4.40. The molecule has 0 saturated carbocycles. The molecule has 1 saturated heterocycles. The summed E-state index contributed by atoms with van der Waals surface area (Å²) in [5, 5.41) is 14.0. The molecule has 9 heteroatoms. The number of carbonyl (C=O) groups excluding carboxylic acids is 2. The zero-order chi connectivity index (χ0) is 27.8. The fourth-order valence-electron chi connectivity index (χ4n) is 5.36. The minimum Gasteiger partial charge on any atom is -0.479 e. The zero-order valence-electron chi connectivity index (χ0n) is 22.1. The van der Waals surface area contributed by atoms with Crippen LogP contribution in [0.2, 0.25) is 0 Å². The highest BCUT2D eigenvalue weighted by Gasteiger charge is 2.35. The fraction of sp³-hybridized carbons (Fsp3) is 0.333. The highest BCUT2D eigenvalue weighted by Crippen LogP contribution is 2.31. The van der Waals surface area contributed by atoms with E-state index in [-0.39, 0.29) is 17.9 Å². The lowest BCUT2D eigenvalue weighted by Crippen LogP contribution is -2.53. The van der Waals surface area contributed by atoms with Gasteiger partial charge < -0.3 is 24.2 Å². The lowest BCUT2D eigenvalue weighted by atomic mass is 9.97. The Kier molecular flexibility index (Phi) is 6.99. The van der Waals surface area contributed by atoms with E-state index >= 15 is 0 Å². The zero-order valence-corrected chi connectivity index (χ0v) is 22.1. The molecule has 4 aromatic rings. The first-order valence-electron chi connectivity index (χ1n) is 13.0. The predicted octanol–water partition coefficient (Wildman–Crippen LogP) is 4.33. The SMILES string of the molecule is Cc1oc2cc3oc(=O)c(CC(=O)N4CCCC[C@H]4C(=O)N[C@@H](C(=O)O)c4ccccc4)c(C)c3cc2c1C.